The lowest BCUT2D eigenvalue weighted by atomic mass is 10.2. The van der Waals surface area contributed by atoms with Gasteiger partial charge in [-0.3, -0.25) is 19.7 Å². The molecular weight excluding hydrogens is 476 g/mol. The summed E-state index contributed by atoms with van der Waals surface area (Å²) in [6.45, 7) is 2.29. The van der Waals surface area contributed by atoms with Crippen molar-refractivity contribution < 1.29 is 33.4 Å². The molecule has 182 valence electrons. The fraction of sp³-hybridized carbons (Fsp3) is 0.304. The number of nitrogens with one attached hydrogen (secondary N) is 2. The van der Waals surface area contributed by atoms with Crippen LogP contribution >= 0.6 is 11.8 Å². The standard InChI is InChI=1S/C23H22N4O7S/c1-13(28)32-12-19-18(33-14(2)29)9-20(34-19)26-23(31)27-21(30)16-8-15(10-24)22(25-11-16)35-17-6-4-3-5-7-17/h3-8,11,18-20H,9,12H2,1-2H3,(H2,26,27,30,31)/t18?,19-,20-/m1/s1. The summed E-state index contributed by atoms with van der Waals surface area (Å²) in [6.07, 6.45) is -1.05. The minimum absolute atomic E-state index is 0.0203. The summed E-state index contributed by atoms with van der Waals surface area (Å²) >= 11 is 1.28. The number of pyridine rings is 1. The molecule has 2 heterocycles. The van der Waals surface area contributed by atoms with Crippen molar-refractivity contribution in [3.8, 4) is 6.07 Å². The summed E-state index contributed by atoms with van der Waals surface area (Å²) in [5.41, 5.74) is 0.204. The van der Waals surface area contributed by atoms with E-state index in [1.165, 1.54) is 37.9 Å². The average molecular weight is 499 g/mol. The van der Waals surface area contributed by atoms with Crippen LogP contribution in [0.2, 0.25) is 0 Å². The van der Waals surface area contributed by atoms with Crippen molar-refractivity contribution in [1.29, 1.82) is 5.26 Å². The third kappa shape index (κ3) is 7.53. The highest BCUT2D eigenvalue weighted by molar-refractivity contribution is 7.99. The summed E-state index contributed by atoms with van der Waals surface area (Å²) in [5, 5.41) is 14.5. The summed E-state index contributed by atoms with van der Waals surface area (Å²) in [5.74, 6) is -1.86. The van der Waals surface area contributed by atoms with Crippen molar-refractivity contribution in [3.05, 3.63) is 53.7 Å². The number of urea groups is 1. The second-order valence-corrected chi connectivity index (χ2v) is 8.44. The molecule has 2 aromatic rings. The number of nitrogens with zero attached hydrogens (tertiary/aromatic N) is 2. The number of hydrogen-bond donors (Lipinski definition) is 2. The highest BCUT2D eigenvalue weighted by atomic mass is 32.2. The molecule has 2 N–H and O–H groups in total. The maximum absolute atomic E-state index is 12.5. The van der Waals surface area contributed by atoms with Gasteiger partial charge in [0.15, 0.2) is 0 Å². The monoisotopic (exact) mass is 498 g/mol. The van der Waals surface area contributed by atoms with Gasteiger partial charge in [0.05, 0.1) is 11.1 Å². The highest BCUT2D eigenvalue weighted by Crippen LogP contribution is 2.28. The van der Waals surface area contributed by atoms with E-state index in [0.717, 1.165) is 4.90 Å². The quantitative estimate of drug-likeness (QED) is 0.542. The second-order valence-electron chi connectivity index (χ2n) is 7.38. The minimum Gasteiger partial charge on any atom is -0.463 e. The maximum Gasteiger partial charge on any atom is 0.323 e. The third-order valence-electron chi connectivity index (χ3n) is 4.68. The smallest absolute Gasteiger partial charge is 0.323 e. The van der Waals surface area contributed by atoms with Gasteiger partial charge in [0, 0.05) is 31.4 Å². The number of carbonyl (C=O) groups is 4. The number of carbonyl (C=O) groups excluding carboxylic acids is 4. The Balaban J connectivity index is 1.59. The van der Waals surface area contributed by atoms with Crippen molar-refractivity contribution in [2.75, 3.05) is 6.61 Å². The largest absolute Gasteiger partial charge is 0.463 e. The van der Waals surface area contributed by atoms with Crippen LogP contribution in [-0.4, -0.2) is 53.9 Å². The third-order valence-corrected chi connectivity index (χ3v) is 5.71. The van der Waals surface area contributed by atoms with Gasteiger partial charge in [-0.15, -0.1) is 0 Å². The minimum atomic E-state index is -0.898. The molecule has 35 heavy (non-hydrogen) atoms. The predicted molar refractivity (Wildman–Crippen MR) is 121 cm³/mol. The Hall–Kier alpha value is -3.95. The van der Waals surface area contributed by atoms with Gasteiger partial charge in [-0.05, 0) is 18.2 Å². The first-order valence-electron chi connectivity index (χ1n) is 10.5. The van der Waals surface area contributed by atoms with Gasteiger partial charge in [-0.2, -0.15) is 5.26 Å². The Kier molecular flexibility index (Phi) is 8.77. The van der Waals surface area contributed by atoms with Crippen LogP contribution in [0.1, 0.15) is 36.2 Å². The van der Waals surface area contributed by atoms with E-state index in [1.54, 1.807) is 0 Å². The molecule has 0 bridgehead atoms. The molecule has 0 saturated carbocycles. The zero-order chi connectivity index (χ0) is 25.4. The van der Waals surface area contributed by atoms with Crippen molar-refractivity contribution in [2.24, 2.45) is 0 Å². The average Bonchev–Trinajstić information content (AvgIpc) is 3.18. The van der Waals surface area contributed by atoms with Gasteiger partial charge in [0.1, 0.15) is 36.1 Å². The molecule has 12 heteroatoms. The molecule has 1 fully saturated rings. The van der Waals surface area contributed by atoms with Crippen LogP contribution in [-0.2, 0) is 23.8 Å². The molecule has 0 spiro atoms. The van der Waals surface area contributed by atoms with E-state index >= 15 is 0 Å². The van der Waals surface area contributed by atoms with Gasteiger partial charge in [0.2, 0.25) is 0 Å². The van der Waals surface area contributed by atoms with E-state index in [9.17, 15) is 24.4 Å². The van der Waals surface area contributed by atoms with E-state index < -0.39 is 42.3 Å². The lowest BCUT2D eigenvalue weighted by molar-refractivity contribution is -0.154. The fourth-order valence-electron chi connectivity index (χ4n) is 3.19. The van der Waals surface area contributed by atoms with Crippen molar-refractivity contribution in [3.63, 3.8) is 0 Å². The number of benzene rings is 1. The van der Waals surface area contributed by atoms with Crippen molar-refractivity contribution >= 4 is 35.6 Å². The van der Waals surface area contributed by atoms with Gasteiger partial charge in [-0.1, -0.05) is 30.0 Å². The normalized spacial score (nSPS) is 18.7. The van der Waals surface area contributed by atoms with Crippen molar-refractivity contribution in [1.82, 2.24) is 15.6 Å². The zero-order valence-corrected chi connectivity index (χ0v) is 19.7. The van der Waals surface area contributed by atoms with E-state index in [0.29, 0.717) is 5.03 Å². The predicted octanol–water partition coefficient (Wildman–Crippen LogP) is 2.15. The fourth-order valence-corrected chi connectivity index (χ4v) is 4.03. The van der Waals surface area contributed by atoms with Crippen LogP contribution in [0.25, 0.3) is 0 Å². The molecule has 1 aromatic heterocycles. The Morgan fingerprint density at radius 3 is 2.60 bits per heavy atom. The Labute approximate surface area is 205 Å². The number of hydrogen-bond acceptors (Lipinski definition) is 10. The number of imide groups is 1. The van der Waals surface area contributed by atoms with Crippen LogP contribution in [0.15, 0.2) is 52.5 Å². The lowest BCUT2D eigenvalue weighted by Gasteiger charge is -2.17. The molecule has 3 amide bonds. The first kappa shape index (κ1) is 25.7. The molecule has 1 aromatic carbocycles. The summed E-state index contributed by atoms with van der Waals surface area (Å²) in [4.78, 5) is 52.3. The molecule has 0 radical (unpaired) electrons. The number of ether oxygens (including phenoxy) is 3. The molecule has 3 atom stereocenters. The molecule has 1 saturated heterocycles. The van der Waals surface area contributed by atoms with E-state index in [-0.39, 0.29) is 24.2 Å². The summed E-state index contributed by atoms with van der Waals surface area (Å²) in [6, 6.07) is 11.8. The molecule has 11 nitrogen and oxygen atoms in total. The van der Waals surface area contributed by atoms with Gasteiger partial charge in [-0.25, -0.2) is 9.78 Å². The second kappa shape index (κ2) is 12.0. The topological polar surface area (TPSA) is 157 Å². The number of nitriles is 1. The number of rotatable bonds is 7. The first-order valence-corrected chi connectivity index (χ1v) is 11.3. The van der Waals surface area contributed by atoms with Crippen LogP contribution in [0.3, 0.4) is 0 Å². The first-order chi connectivity index (χ1) is 16.7. The SMILES string of the molecule is CC(=O)OC[C@H]1O[C@@H](NC(=O)NC(=O)c2cnc(Sc3ccccc3)c(C#N)c2)CC1OC(C)=O. The maximum atomic E-state index is 12.5. The van der Waals surface area contributed by atoms with Crippen LogP contribution in [0.4, 0.5) is 4.79 Å². The molecule has 3 rings (SSSR count). The molecular formula is C23H22N4O7S. The highest BCUT2D eigenvalue weighted by Gasteiger charge is 2.39. The number of aromatic nitrogens is 1. The molecule has 1 aliphatic heterocycles. The van der Waals surface area contributed by atoms with Gasteiger partial charge >= 0.3 is 18.0 Å². The zero-order valence-electron chi connectivity index (χ0n) is 18.8. The van der Waals surface area contributed by atoms with E-state index in [1.807, 2.05) is 36.4 Å². The Bertz CT molecular complexity index is 1150. The Morgan fingerprint density at radius 2 is 1.94 bits per heavy atom. The summed E-state index contributed by atoms with van der Waals surface area (Å²) < 4.78 is 15.7. The molecule has 1 aliphatic rings. The number of esters is 2. The van der Waals surface area contributed by atoms with Crippen LogP contribution in [0, 0.1) is 11.3 Å². The summed E-state index contributed by atoms with van der Waals surface area (Å²) in [7, 11) is 0. The van der Waals surface area contributed by atoms with Crippen LogP contribution < -0.4 is 10.6 Å². The van der Waals surface area contributed by atoms with Gasteiger partial charge in [0.25, 0.3) is 5.91 Å². The molecule has 0 aliphatic carbocycles. The van der Waals surface area contributed by atoms with Crippen molar-refractivity contribution in [2.45, 2.75) is 48.6 Å². The van der Waals surface area contributed by atoms with Crippen LogP contribution in [0.5, 0.6) is 0 Å². The lowest BCUT2D eigenvalue weighted by Crippen LogP contribution is -2.44. The Morgan fingerprint density at radius 1 is 1.20 bits per heavy atom. The van der Waals surface area contributed by atoms with E-state index in [2.05, 4.69) is 15.6 Å². The van der Waals surface area contributed by atoms with E-state index in [4.69, 9.17) is 14.2 Å². The number of amides is 3. The molecule has 1 unspecified atom stereocenters. The van der Waals surface area contributed by atoms with Gasteiger partial charge < -0.3 is 19.5 Å².